The van der Waals surface area contributed by atoms with Gasteiger partial charge in [-0.2, -0.15) is 0 Å². The maximum absolute atomic E-state index is 12.9. The molecule has 1 heterocycles. The van der Waals surface area contributed by atoms with Gasteiger partial charge >= 0.3 is 11.9 Å². The third kappa shape index (κ3) is 11.1. The van der Waals surface area contributed by atoms with Crippen molar-refractivity contribution in [2.45, 2.75) is 135 Å². The highest BCUT2D eigenvalue weighted by molar-refractivity contribution is 6.74. The predicted octanol–water partition coefficient (Wildman–Crippen LogP) is 5.39. The van der Waals surface area contributed by atoms with Gasteiger partial charge in [-0.1, -0.05) is 73.3 Å². The number of methoxy groups -OCH3 is 1. The van der Waals surface area contributed by atoms with E-state index in [1.165, 1.54) is 25.3 Å². The summed E-state index contributed by atoms with van der Waals surface area (Å²) in [7, 11) is -0.883. The van der Waals surface area contributed by atoms with Crippen LogP contribution in [0.5, 0.6) is 0 Å². The van der Waals surface area contributed by atoms with Gasteiger partial charge in [0.25, 0.3) is 0 Å². The topological polar surface area (TPSA) is 129 Å². The number of rotatable bonds is 16. The third-order valence-corrected chi connectivity index (χ3v) is 12.7. The molecular weight excluding hydrogens is 544 g/mol. The van der Waals surface area contributed by atoms with Crippen molar-refractivity contribution in [3.8, 4) is 0 Å². The van der Waals surface area contributed by atoms with Crippen molar-refractivity contribution in [2.75, 3.05) is 13.7 Å². The molecule has 1 fully saturated rings. The maximum Gasteiger partial charge on any atom is 0.330 e. The molecule has 0 spiro atoms. The Hall–Kier alpha value is -1.85. The van der Waals surface area contributed by atoms with Crippen LogP contribution in [0.1, 0.15) is 92.9 Å². The van der Waals surface area contributed by atoms with E-state index in [1.807, 2.05) is 0 Å². The van der Waals surface area contributed by atoms with Crippen LogP contribution < -0.4 is 0 Å². The summed E-state index contributed by atoms with van der Waals surface area (Å²) in [5, 5.41) is 23.0. The highest BCUT2D eigenvalue weighted by Crippen LogP contribution is 2.46. The second-order valence-corrected chi connectivity index (χ2v) is 17.9. The molecule has 4 atom stereocenters. The van der Waals surface area contributed by atoms with Gasteiger partial charge in [-0.05, 0) is 42.6 Å². The largest absolute Gasteiger partial charge is 0.466 e. The van der Waals surface area contributed by atoms with E-state index in [-0.39, 0.29) is 30.9 Å². The van der Waals surface area contributed by atoms with Crippen molar-refractivity contribution in [2.24, 2.45) is 5.41 Å². The van der Waals surface area contributed by atoms with E-state index in [2.05, 4.69) is 40.8 Å². The Morgan fingerprint density at radius 1 is 1.15 bits per heavy atom. The van der Waals surface area contributed by atoms with Gasteiger partial charge in [0.1, 0.15) is 6.29 Å². The molecule has 0 aromatic heterocycles. The van der Waals surface area contributed by atoms with Gasteiger partial charge < -0.3 is 28.8 Å². The minimum Gasteiger partial charge on any atom is -0.466 e. The lowest BCUT2D eigenvalue weighted by Gasteiger charge is -2.50. The number of esters is 2. The first-order valence-electron chi connectivity index (χ1n) is 14.8. The molecule has 236 valence electrons. The van der Waals surface area contributed by atoms with Crippen LogP contribution in [0.4, 0.5) is 0 Å². The Morgan fingerprint density at radius 2 is 1.78 bits per heavy atom. The average molecular weight is 599 g/mol. The fourth-order valence-electron chi connectivity index (χ4n) is 4.46. The lowest BCUT2D eigenvalue weighted by Crippen LogP contribution is -2.62. The molecule has 1 saturated heterocycles. The summed E-state index contributed by atoms with van der Waals surface area (Å²) in [4.78, 5) is 36.5. The standard InChI is InChI=1S/C31H54O9Si/c1-10-11-12-13-14-16-26(34)39-28-23(20-27(35)37-7)19-25(40-31(28,36)30(5,6)17-15-18-32)21-24(33)22-38-41(8,9)29(2,3)4/h15,17-18,20,24-25,28,33,36H,10-14,16,19,21-22H2,1-9H3/b17-15+,23-20+/t24-,25-,28-,31+/m0/s1. The number of ether oxygens (including phenoxy) is 3. The van der Waals surface area contributed by atoms with Crippen LogP contribution in [-0.4, -0.2) is 74.6 Å². The molecule has 1 rings (SSSR count). The van der Waals surface area contributed by atoms with Crippen LogP contribution in [0.2, 0.25) is 18.1 Å². The lowest BCUT2D eigenvalue weighted by molar-refractivity contribution is -0.327. The molecule has 0 aromatic rings. The van der Waals surface area contributed by atoms with E-state index in [9.17, 15) is 24.6 Å². The summed E-state index contributed by atoms with van der Waals surface area (Å²) >= 11 is 0. The number of hydrogen-bond acceptors (Lipinski definition) is 9. The van der Waals surface area contributed by atoms with Crippen LogP contribution in [0.15, 0.2) is 23.8 Å². The monoisotopic (exact) mass is 598 g/mol. The number of carbonyl (C=O) groups is 3. The molecule has 2 N–H and O–H groups in total. The third-order valence-electron chi connectivity index (χ3n) is 8.23. The molecular formula is C31H54O9Si. The fraction of sp³-hybridized carbons (Fsp3) is 0.774. The zero-order chi connectivity index (χ0) is 31.5. The zero-order valence-electron chi connectivity index (χ0n) is 26.7. The Labute approximate surface area is 247 Å². The van der Waals surface area contributed by atoms with Crippen molar-refractivity contribution in [3.05, 3.63) is 23.8 Å². The minimum absolute atomic E-state index is 0.0349. The van der Waals surface area contributed by atoms with Crippen molar-refractivity contribution in [1.29, 1.82) is 0 Å². The van der Waals surface area contributed by atoms with Gasteiger partial charge in [-0.3, -0.25) is 9.59 Å². The molecule has 10 heteroatoms. The van der Waals surface area contributed by atoms with E-state index < -0.39 is 49.8 Å². The van der Waals surface area contributed by atoms with Crippen LogP contribution in [0, 0.1) is 5.41 Å². The summed E-state index contributed by atoms with van der Waals surface area (Å²) in [6.45, 7) is 16.0. The molecule has 0 aliphatic carbocycles. The number of aliphatic hydroxyl groups excluding tert-OH is 1. The van der Waals surface area contributed by atoms with Gasteiger partial charge in [0.05, 0.1) is 25.9 Å². The molecule has 41 heavy (non-hydrogen) atoms. The number of hydrogen-bond donors (Lipinski definition) is 2. The Balaban J connectivity index is 3.33. The lowest BCUT2D eigenvalue weighted by atomic mass is 9.74. The van der Waals surface area contributed by atoms with Crippen molar-refractivity contribution in [1.82, 2.24) is 0 Å². The highest BCUT2D eigenvalue weighted by atomic mass is 28.4. The molecule has 0 amide bonds. The molecule has 0 aromatic carbocycles. The van der Waals surface area contributed by atoms with E-state index >= 15 is 0 Å². The molecule has 0 radical (unpaired) electrons. The number of aliphatic hydroxyl groups is 2. The summed E-state index contributed by atoms with van der Waals surface area (Å²) in [5.41, 5.74) is -0.934. The molecule has 0 bridgehead atoms. The van der Waals surface area contributed by atoms with Gasteiger partial charge in [-0.25, -0.2) is 4.79 Å². The molecule has 1 aliphatic rings. The van der Waals surface area contributed by atoms with Crippen molar-refractivity contribution in [3.63, 3.8) is 0 Å². The minimum atomic E-state index is -2.16. The highest BCUT2D eigenvalue weighted by Gasteiger charge is 2.57. The van der Waals surface area contributed by atoms with Gasteiger partial charge in [0.2, 0.25) is 5.79 Å². The van der Waals surface area contributed by atoms with E-state index in [1.54, 1.807) is 13.8 Å². The van der Waals surface area contributed by atoms with Crippen LogP contribution >= 0.6 is 0 Å². The van der Waals surface area contributed by atoms with Crippen LogP contribution in [0.3, 0.4) is 0 Å². The van der Waals surface area contributed by atoms with E-state index in [0.29, 0.717) is 18.3 Å². The first-order chi connectivity index (χ1) is 18.9. The van der Waals surface area contributed by atoms with E-state index in [4.69, 9.17) is 18.6 Å². The maximum atomic E-state index is 12.9. The zero-order valence-corrected chi connectivity index (χ0v) is 27.7. The summed E-state index contributed by atoms with van der Waals surface area (Å²) in [6.07, 6.45) is 6.56. The predicted molar refractivity (Wildman–Crippen MR) is 161 cm³/mol. The summed E-state index contributed by atoms with van der Waals surface area (Å²) in [5.74, 6) is -3.36. The number of aldehydes is 1. The number of allylic oxidation sites excluding steroid dienone is 1. The van der Waals surface area contributed by atoms with Crippen molar-refractivity contribution >= 4 is 26.5 Å². The first kappa shape index (κ1) is 37.2. The fourth-order valence-corrected chi connectivity index (χ4v) is 5.50. The van der Waals surface area contributed by atoms with E-state index in [0.717, 1.165) is 25.7 Å². The smallest absolute Gasteiger partial charge is 0.330 e. The Bertz CT molecular complexity index is 919. The van der Waals surface area contributed by atoms with Gasteiger partial charge in [0, 0.05) is 24.3 Å². The quantitative estimate of drug-likeness (QED) is 0.0790. The Morgan fingerprint density at radius 3 is 2.34 bits per heavy atom. The average Bonchev–Trinajstić information content (AvgIpc) is 2.87. The summed E-state index contributed by atoms with van der Waals surface area (Å²) < 4.78 is 23.1. The SMILES string of the molecule is CCCCCCCC(=O)O[C@H]1/C(=C/C(=O)OC)C[C@@H](C[C@H](O)CO[Si](C)(C)C(C)(C)C)O[C@@]1(O)C(C)(C)/C=C/C=O. The van der Waals surface area contributed by atoms with Crippen molar-refractivity contribution < 1.29 is 43.2 Å². The normalized spacial score (nSPS) is 23.9. The van der Waals surface area contributed by atoms with Gasteiger partial charge in [-0.15, -0.1) is 0 Å². The second-order valence-electron chi connectivity index (χ2n) is 13.1. The number of unbranched alkanes of at least 4 members (excludes halogenated alkanes) is 4. The molecule has 0 saturated carbocycles. The molecule has 0 unspecified atom stereocenters. The second kappa shape index (κ2) is 16.1. The Kier molecular flexibility index (Phi) is 14.6. The van der Waals surface area contributed by atoms with Crippen LogP contribution in [-0.2, 0) is 33.0 Å². The molecule has 1 aliphatic heterocycles. The molecule has 9 nitrogen and oxygen atoms in total. The van der Waals surface area contributed by atoms with Gasteiger partial charge in [0.15, 0.2) is 14.4 Å². The summed E-state index contributed by atoms with van der Waals surface area (Å²) in [6, 6.07) is 0. The van der Waals surface area contributed by atoms with Crippen LogP contribution in [0.25, 0.3) is 0 Å². The number of carbonyl (C=O) groups excluding carboxylic acids is 3. The first-order valence-corrected chi connectivity index (χ1v) is 17.7.